The number of benzene rings is 2. The van der Waals surface area contributed by atoms with Gasteiger partial charge in [-0.1, -0.05) is 23.8 Å². The summed E-state index contributed by atoms with van der Waals surface area (Å²) < 4.78 is 5.37. The molecule has 1 amide bonds. The van der Waals surface area contributed by atoms with Gasteiger partial charge < -0.3 is 15.0 Å². The minimum atomic E-state index is -0.00970. The molecule has 0 radical (unpaired) electrons. The normalized spacial score (nSPS) is 10.8. The van der Waals surface area contributed by atoms with Crippen LogP contribution < -0.4 is 10.1 Å². The topological polar surface area (TPSA) is 54.1 Å². The second-order valence-corrected chi connectivity index (χ2v) is 5.99. The fourth-order valence-electron chi connectivity index (χ4n) is 3.02. The monoisotopic (exact) mass is 322 g/mol. The van der Waals surface area contributed by atoms with Gasteiger partial charge in [0.1, 0.15) is 5.75 Å². The van der Waals surface area contributed by atoms with Crippen LogP contribution in [-0.4, -0.2) is 24.5 Å². The molecule has 0 aliphatic carbocycles. The van der Waals surface area contributed by atoms with Crippen molar-refractivity contribution in [2.24, 2.45) is 0 Å². The first-order valence-electron chi connectivity index (χ1n) is 8.08. The fourth-order valence-corrected chi connectivity index (χ4v) is 3.02. The number of aromatic amines is 1. The summed E-state index contributed by atoms with van der Waals surface area (Å²) in [5, 5.41) is 4.02. The zero-order valence-corrected chi connectivity index (χ0v) is 14.3. The Morgan fingerprint density at radius 2 is 2.04 bits per heavy atom. The van der Waals surface area contributed by atoms with Gasteiger partial charge in [0.05, 0.1) is 7.11 Å². The third kappa shape index (κ3) is 3.27. The minimum absolute atomic E-state index is 0.00970. The summed E-state index contributed by atoms with van der Waals surface area (Å²) in [6.07, 6.45) is 0.760. The van der Waals surface area contributed by atoms with Gasteiger partial charge in [-0.25, -0.2) is 0 Å². The van der Waals surface area contributed by atoms with Gasteiger partial charge >= 0.3 is 0 Å². The van der Waals surface area contributed by atoms with Crippen molar-refractivity contribution in [3.05, 3.63) is 53.6 Å². The van der Waals surface area contributed by atoms with Crippen molar-refractivity contribution < 1.29 is 9.53 Å². The molecule has 0 spiro atoms. The van der Waals surface area contributed by atoms with Crippen LogP contribution in [0, 0.1) is 6.92 Å². The third-order valence-corrected chi connectivity index (χ3v) is 4.17. The van der Waals surface area contributed by atoms with Crippen molar-refractivity contribution in [3.8, 4) is 17.0 Å². The molecule has 0 unspecified atom stereocenters. The lowest BCUT2D eigenvalue weighted by Crippen LogP contribution is -2.22. The Balaban J connectivity index is 2.10. The van der Waals surface area contributed by atoms with Crippen molar-refractivity contribution in [2.75, 3.05) is 13.7 Å². The predicted octanol–water partition coefficient (Wildman–Crippen LogP) is 3.83. The third-order valence-electron chi connectivity index (χ3n) is 4.17. The average molecular weight is 322 g/mol. The van der Waals surface area contributed by atoms with Crippen LogP contribution in [0.25, 0.3) is 22.2 Å². The lowest BCUT2D eigenvalue weighted by atomic mass is 10.0. The molecule has 1 heterocycles. The molecule has 124 valence electrons. The highest BCUT2D eigenvalue weighted by atomic mass is 16.5. The van der Waals surface area contributed by atoms with Gasteiger partial charge in [0.15, 0.2) is 0 Å². The number of carbonyl (C=O) groups excluding carboxylic acids is 1. The molecule has 0 atom stereocenters. The Morgan fingerprint density at radius 1 is 1.21 bits per heavy atom. The average Bonchev–Trinajstić information content (AvgIpc) is 2.92. The SMILES string of the molecule is COc1ccc2[nH]c(-c3cccc(C)c3)c(CCNC(C)=O)c2c1. The number of hydrogen-bond donors (Lipinski definition) is 2. The highest BCUT2D eigenvalue weighted by Gasteiger charge is 2.14. The van der Waals surface area contributed by atoms with E-state index in [-0.39, 0.29) is 5.91 Å². The molecular weight excluding hydrogens is 300 g/mol. The van der Waals surface area contributed by atoms with Crippen molar-refractivity contribution in [2.45, 2.75) is 20.3 Å². The Morgan fingerprint density at radius 3 is 2.75 bits per heavy atom. The van der Waals surface area contributed by atoms with Gasteiger partial charge in [-0.2, -0.15) is 0 Å². The van der Waals surface area contributed by atoms with E-state index in [4.69, 9.17) is 4.74 Å². The Hall–Kier alpha value is -2.75. The zero-order valence-electron chi connectivity index (χ0n) is 14.3. The largest absolute Gasteiger partial charge is 0.497 e. The van der Waals surface area contributed by atoms with Crippen LogP contribution in [0.1, 0.15) is 18.1 Å². The molecule has 0 aliphatic heterocycles. The first kappa shape index (κ1) is 16.1. The van der Waals surface area contributed by atoms with E-state index in [9.17, 15) is 4.79 Å². The number of aryl methyl sites for hydroxylation is 1. The van der Waals surface area contributed by atoms with E-state index < -0.39 is 0 Å². The van der Waals surface area contributed by atoms with Gasteiger partial charge in [0.2, 0.25) is 5.91 Å². The molecule has 0 fully saturated rings. The summed E-state index contributed by atoms with van der Waals surface area (Å²) in [6, 6.07) is 14.5. The van der Waals surface area contributed by atoms with E-state index in [1.54, 1.807) is 14.0 Å². The number of hydrogen-bond acceptors (Lipinski definition) is 2. The maximum Gasteiger partial charge on any atom is 0.216 e. The molecule has 4 nitrogen and oxygen atoms in total. The van der Waals surface area contributed by atoms with Gasteiger partial charge in [0.25, 0.3) is 0 Å². The van der Waals surface area contributed by atoms with Crippen LogP contribution in [0.15, 0.2) is 42.5 Å². The molecule has 4 heteroatoms. The first-order chi connectivity index (χ1) is 11.6. The van der Waals surface area contributed by atoms with E-state index in [0.717, 1.165) is 34.3 Å². The molecule has 24 heavy (non-hydrogen) atoms. The maximum atomic E-state index is 11.2. The number of aromatic nitrogens is 1. The predicted molar refractivity (Wildman–Crippen MR) is 97.4 cm³/mol. The maximum absolute atomic E-state index is 11.2. The molecule has 3 rings (SSSR count). The summed E-state index contributed by atoms with van der Waals surface area (Å²) in [4.78, 5) is 14.7. The van der Waals surface area contributed by atoms with Crippen molar-refractivity contribution in [1.82, 2.24) is 10.3 Å². The molecule has 0 saturated heterocycles. The minimum Gasteiger partial charge on any atom is -0.497 e. The molecule has 2 N–H and O–H groups in total. The molecular formula is C20H22N2O2. The smallest absolute Gasteiger partial charge is 0.216 e. The number of amides is 1. The van der Waals surface area contributed by atoms with Crippen LogP contribution >= 0.6 is 0 Å². The van der Waals surface area contributed by atoms with Gasteiger partial charge in [0, 0.05) is 30.1 Å². The Labute approximate surface area is 141 Å². The lowest BCUT2D eigenvalue weighted by molar-refractivity contribution is -0.118. The zero-order chi connectivity index (χ0) is 17.1. The number of ether oxygens (including phenoxy) is 1. The van der Waals surface area contributed by atoms with Crippen LogP contribution in [0.4, 0.5) is 0 Å². The summed E-state index contributed by atoms with van der Waals surface area (Å²) in [5.74, 6) is 0.822. The number of carbonyl (C=O) groups is 1. The number of rotatable bonds is 5. The molecule has 0 aliphatic rings. The van der Waals surface area contributed by atoms with E-state index >= 15 is 0 Å². The first-order valence-corrected chi connectivity index (χ1v) is 8.08. The highest BCUT2D eigenvalue weighted by molar-refractivity contribution is 5.92. The standard InChI is InChI=1S/C20H22N2O2/c1-13-5-4-6-15(11-13)20-17(9-10-21-14(2)23)18-12-16(24-3)7-8-19(18)22-20/h4-8,11-12,22H,9-10H2,1-3H3,(H,21,23). The lowest BCUT2D eigenvalue weighted by Gasteiger charge is -2.07. The molecule has 1 aromatic heterocycles. The van der Waals surface area contributed by atoms with Gasteiger partial charge in [-0.15, -0.1) is 0 Å². The van der Waals surface area contributed by atoms with Crippen LogP contribution in [-0.2, 0) is 11.2 Å². The number of fused-ring (bicyclic) bond motifs is 1. The van der Waals surface area contributed by atoms with E-state index in [2.05, 4.69) is 41.5 Å². The fraction of sp³-hybridized carbons (Fsp3) is 0.250. The van der Waals surface area contributed by atoms with E-state index in [0.29, 0.717) is 6.54 Å². The highest BCUT2D eigenvalue weighted by Crippen LogP contribution is 2.33. The van der Waals surface area contributed by atoms with Crippen LogP contribution in [0.3, 0.4) is 0 Å². The quantitative estimate of drug-likeness (QED) is 0.750. The number of methoxy groups -OCH3 is 1. The van der Waals surface area contributed by atoms with E-state index in [1.165, 1.54) is 11.1 Å². The number of nitrogens with one attached hydrogen (secondary N) is 2. The Kier molecular flexibility index (Phi) is 4.56. The molecule has 3 aromatic rings. The van der Waals surface area contributed by atoms with Crippen molar-refractivity contribution in [1.29, 1.82) is 0 Å². The molecule has 0 saturated carbocycles. The van der Waals surface area contributed by atoms with Crippen molar-refractivity contribution >= 4 is 16.8 Å². The summed E-state index contributed by atoms with van der Waals surface area (Å²) >= 11 is 0. The molecule has 0 bridgehead atoms. The summed E-state index contributed by atoms with van der Waals surface area (Å²) in [7, 11) is 1.67. The van der Waals surface area contributed by atoms with Gasteiger partial charge in [-0.05, 0) is 48.7 Å². The second-order valence-electron chi connectivity index (χ2n) is 5.99. The molecule has 2 aromatic carbocycles. The van der Waals surface area contributed by atoms with Gasteiger partial charge in [-0.3, -0.25) is 4.79 Å². The number of H-pyrrole nitrogens is 1. The summed E-state index contributed by atoms with van der Waals surface area (Å²) in [6.45, 7) is 4.24. The van der Waals surface area contributed by atoms with Crippen molar-refractivity contribution in [3.63, 3.8) is 0 Å². The second kappa shape index (κ2) is 6.79. The van der Waals surface area contributed by atoms with Crippen LogP contribution in [0.2, 0.25) is 0 Å². The van der Waals surface area contributed by atoms with E-state index in [1.807, 2.05) is 18.2 Å². The summed E-state index contributed by atoms with van der Waals surface area (Å²) in [5.41, 5.74) is 5.75. The van der Waals surface area contributed by atoms with Crippen LogP contribution in [0.5, 0.6) is 5.75 Å². The Bertz CT molecular complexity index is 880.